The maximum Gasteiger partial charge on any atom is 0.413 e. The number of benzene rings is 1. The Morgan fingerprint density at radius 2 is 1.97 bits per heavy atom. The number of nitrogens with zero attached hydrogens (tertiary/aromatic N) is 6. The molecule has 202 valence electrons. The van der Waals surface area contributed by atoms with Crippen molar-refractivity contribution >= 4 is 47.1 Å². The number of amides is 1. The average molecular weight is 562 g/mol. The minimum atomic E-state index is -4.63. The highest BCUT2D eigenvalue weighted by Crippen LogP contribution is 2.39. The van der Waals surface area contributed by atoms with Gasteiger partial charge in [0.2, 0.25) is 11.2 Å². The van der Waals surface area contributed by atoms with Crippen LogP contribution in [0.1, 0.15) is 36.7 Å². The van der Waals surface area contributed by atoms with E-state index in [9.17, 15) is 18.0 Å². The first-order valence-corrected chi connectivity index (χ1v) is 11.7. The molecule has 37 heavy (non-hydrogen) atoms. The summed E-state index contributed by atoms with van der Waals surface area (Å²) in [6, 6.07) is 3.72. The monoisotopic (exact) mass is 561 g/mol. The van der Waals surface area contributed by atoms with E-state index in [1.807, 2.05) is 18.9 Å². The van der Waals surface area contributed by atoms with Crippen molar-refractivity contribution in [3.63, 3.8) is 0 Å². The van der Waals surface area contributed by atoms with Gasteiger partial charge >= 0.3 is 6.18 Å². The van der Waals surface area contributed by atoms with Crippen molar-refractivity contribution in [1.29, 1.82) is 0 Å². The minimum absolute atomic E-state index is 0. The molecule has 1 saturated heterocycles. The molecule has 1 aliphatic rings. The second-order valence-corrected chi connectivity index (χ2v) is 9.25. The molecule has 3 atom stereocenters. The van der Waals surface area contributed by atoms with Crippen molar-refractivity contribution in [2.45, 2.75) is 31.7 Å². The number of nitrogens with one attached hydrogen (secondary N) is 1. The molecule has 0 radical (unpaired) electrons. The molecule has 1 amide bonds. The summed E-state index contributed by atoms with van der Waals surface area (Å²) >= 11 is 5.93. The van der Waals surface area contributed by atoms with Gasteiger partial charge in [0.1, 0.15) is 0 Å². The number of fused-ring (bicyclic) bond motifs is 1. The van der Waals surface area contributed by atoms with Crippen molar-refractivity contribution in [3.05, 3.63) is 47.0 Å². The van der Waals surface area contributed by atoms with Gasteiger partial charge in [0.05, 0.1) is 29.6 Å². The quantitative estimate of drug-likeness (QED) is 0.448. The van der Waals surface area contributed by atoms with Gasteiger partial charge in [-0.3, -0.25) is 4.79 Å². The Bertz CT molecular complexity index is 1240. The van der Waals surface area contributed by atoms with Gasteiger partial charge in [0.15, 0.2) is 6.04 Å². The number of carbonyl (C=O) groups excluding carboxylic acids is 1. The van der Waals surface area contributed by atoms with Crippen LogP contribution in [0.15, 0.2) is 30.5 Å². The lowest BCUT2D eigenvalue weighted by molar-refractivity contribution is -0.190. The second kappa shape index (κ2) is 11.4. The van der Waals surface area contributed by atoms with Gasteiger partial charge in [-0.25, -0.2) is 4.98 Å². The van der Waals surface area contributed by atoms with Gasteiger partial charge in [0.25, 0.3) is 5.78 Å². The zero-order valence-corrected chi connectivity index (χ0v) is 22.2. The number of rotatable bonds is 7. The van der Waals surface area contributed by atoms with Gasteiger partial charge in [-0.1, -0.05) is 12.1 Å². The smallest absolute Gasteiger partial charge is 0.375 e. The second-order valence-electron chi connectivity index (χ2n) is 8.92. The Hall–Kier alpha value is -2.67. The number of aromatic nitrogens is 4. The molecule has 1 fully saturated rings. The number of ether oxygens (including phenoxy) is 1. The summed E-state index contributed by atoms with van der Waals surface area (Å²) in [4.78, 5) is 23.9. The molecule has 3 aromatic rings. The standard InChI is InChI=1S/C23H27ClF3N7O2.ClH/c1-13(36-4)18-17(11-28-22-30-21(24)31-34(18)22)29-16-7-5-14(6-8-16)19(23(25,26)27)33(3)20(35)15-9-10-32(2)12-15;/h5-8,11,13,15,19,29H,9-10,12H2,1-4H3;1H/t13-,15?,19-;/m0./s1. The normalized spacial score (nSPS) is 17.9. The highest BCUT2D eigenvalue weighted by molar-refractivity contribution is 6.28. The van der Waals surface area contributed by atoms with Crippen LogP contribution in [-0.4, -0.2) is 75.8 Å². The van der Waals surface area contributed by atoms with Crippen LogP contribution >= 0.6 is 24.0 Å². The van der Waals surface area contributed by atoms with Gasteiger partial charge in [-0.15, -0.1) is 17.5 Å². The highest BCUT2D eigenvalue weighted by Gasteiger charge is 2.46. The average Bonchev–Trinajstić information content (AvgIpc) is 3.42. The third kappa shape index (κ3) is 6.08. The Labute approximate surface area is 223 Å². The summed E-state index contributed by atoms with van der Waals surface area (Å²) in [5.41, 5.74) is 1.60. The van der Waals surface area contributed by atoms with Crippen LogP contribution in [0.4, 0.5) is 24.5 Å². The van der Waals surface area contributed by atoms with E-state index in [-0.39, 0.29) is 29.0 Å². The molecule has 14 heteroatoms. The summed E-state index contributed by atoms with van der Waals surface area (Å²) in [6.07, 6.45) is -2.97. The van der Waals surface area contributed by atoms with Gasteiger partial charge < -0.3 is 19.9 Å². The number of anilines is 2. The molecule has 4 rings (SSSR count). The van der Waals surface area contributed by atoms with Gasteiger partial charge in [0, 0.05) is 26.4 Å². The Kier molecular flexibility index (Phi) is 8.89. The fourth-order valence-corrected chi connectivity index (χ4v) is 4.67. The summed E-state index contributed by atoms with van der Waals surface area (Å²) in [5.74, 6) is -0.665. The molecule has 0 bridgehead atoms. The minimum Gasteiger partial charge on any atom is -0.375 e. The van der Waals surface area contributed by atoms with Crippen LogP contribution in [0.5, 0.6) is 0 Å². The maximum absolute atomic E-state index is 14.1. The lowest BCUT2D eigenvalue weighted by atomic mass is 10.0. The summed E-state index contributed by atoms with van der Waals surface area (Å²) in [6.45, 7) is 2.95. The highest BCUT2D eigenvalue weighted by atomic mass is 35.5. The van der Waals surface area contributed by atoms with Crippen LogP contribution in [0.3, 0.4) is 0 Å². The molecule has 3 heterocycles. The van der Waals surface area contributed by atoms with E-state index >= 15 is 0 Å². The van der Waals surface area contributed by atoms with Crippen molar-refractivity contribution in [2.75, 3.05) is 39.6 Å². The molecule has 2 aromatic heterocycles. The molecular weight excluding hydrogens is 534 g/mol. The third-order valence-electron chi connectivity index (χ3n) is 6.41. The van der Waals surface area contributed by atoms with Crippen LogP contribution in [0.2, 0.25) is 5.28 Å². The SMILES string of the molecule is CO[C@@H](C)c1c(Nc2ccc([C@H](N(C)C(=O)C3CCN(C)C3)C(F)(F)F)cc2)cnc2nc(Cl)nn12.Cl. The van der Waals surface area contributed by atoms with E-state index < -0.39 is 30.1 Å². The van der Waals surface area contributed by atoms with Crippen molar-refractivity contribution in [1.82, 2.24) is 29.4 Å². The summed E-state index contributed by atoms with van der Waals surface area (Å²) in [7, 11) is 4.60. The van der Waals surface area contributed by atoms with Crippen LogP contribution in [0.25, 0.3) is 5.78 Å². The first-order valence-electron chi connectivity index (χ1n) is 11.3. The van der Waals surface area contributed by atoms with Gasteiger partial charge in [-0.2, -0.15) is 22.7 Å². The number of halogens is 5. The molecule has 0 saturated carbocycles. The zero-order chi connectivity index (χ0) is 26.2. The molecular formula is C23H28Cl2F3N7O2. The Balaban J connectivity index is 0.00000380. The van der Waals surface area contributed by atoms with E-state index in [0.29, 0.717) is 36.6 Å². The van der Waals surface area contributed by atoms with E-state index in [1.54, 1.807) is 0 Å². The lowest BCUT2D eigenvalue weighted by Crippen LogP contribution is -2.43. The third-order valence-corrected chi connectivity index (χ3v) is 6.57. The summed E-state index contributed by atoms with van der Waals surface area (Å²) < 4.78 is 49.2. The fourth-order valence-electron chi connectivity index (χ4n) is 4.51. The lowest BCUT2D eigenvalue weighted by Gasteiger charge is -2.32. The van der Waals surface area contributed by atoms with E-state index in [0.717, 1.165) is 4.90 Å². The van der Waals surface area contributed by atoms with E-state index in [4.69, 9.17) is 16.3 Å². The molecule has 1 aliphatic heterocycles. The first kappa shape index (κ1) is 28.9. The molecule has 0 aliphatic carbocycles. The first-order chi connectivity index (χ1) is 17.0. The predicted octanol–water partition coefficient (Wildman–Crippen LogP) is 4.66. The van der Waals surface area contributed by atoms with E-state index in [2.05, 4.69) is 20.4 Å². The number of hydrogen-bond donors (Lipinski definition) is 1. The maximum atomic E-state index is 14.1. The topological polar surface area (TPSA) is 87.9 Å². The molecule has 1 unspecified atom stereocenters. The molecule has 1 aromatic carbocycles. The van der Waals surface area contributed by atoms with Crippen LogP contribution in [0, 0.1) is 5.92 Å². The number of likely N-dealkylation sites (tertiary alicyclic amines) is 1. The molecule has 9 nitrogen and oxygen atoms in total. The number of methoxy groups -OCH3 is 1. The largest absolute Gasteiger partial charge is 0.413 e. The number of carbonyl (C=O) groups is 1. The number of alkyl halides is 3. The van der Waals surface area contributed by atoms with Crippen molar-refractivity contribution in [3.8, 4) is 0 Å². The van der Waals surface area contributed by atoms with Gasteiger partial charge in [-0.05, 0) is 56.2 Å². The predicted molar refractivity (Wildman–Crippen MR) is 135 cm³/mol. The fraction of sp³-hybridized carbons (Fsp3) is 0.478. The van der Waals surface area contributed by atoms with E-state index in [1.165, 1.54) is 49.1 Å². The number of hydrogen-bond acceptors (Lipinski definition) is 7. The van der Waals surface area contributed by atoms with Crippen molar-refractivity contribution < 1.29 is 22.7 Å². The molecule has 1 N–H and O–H groups in total. The van der Waals surface area contributed by atoms with Crippen LogP contribution < -0.4 is 5.32 Å². The molecule has 0 spiro atoms. The Morgan fingerprint density at radius 1 is 1.30 bits per heavy atom. The van der Waals surface area contributed by atoms with Crippen molar-refractivity contribution in [2.24, 2.45) is 5.92 Å². The van der Waals surface area contributed by atoms with Crippen LogP contribution in [-0.2, 0) is 9.53 Å². The Morgan fingerprint density at radius 3 is 2.54 bits per heavy atom. The zero-order valence-electron chi connectivity index (χ0n) is 20.7. The summed E-state index contributed by atoms with van der Waals surface area (Å²) in [5, 5.41) is 7.32.